The molecule has 1 aromatic carbocycles. The quantitative estimate of drug-likeness (QED) is 0.452. The van der Waals surface area contributed by atoms with E-state index in [-0.39, 0.29) is 23.7 Å². The molecule has 0 unspecified atom stereocenters. The van der Waals surface area contributed by atoms with Gasteiger partial charge >= 0.3 is 11.7 Å². The van der Waals surface area contributed by atoms with Crippen LogP contribution in [0.1, 0.15) is 17.3 Å². The molecule has 0 spiro atoms. The minimum absolute atomic E-state index is 0.0257. The van der Waals surface area contributed by atoms with Gasteiger partial charge in [-0.15, -0.1) is 0 Å². The predicted octanol–water partition coefficient (Wildman–Crippen LogP) is 1.79. The first-order valence-corrected chi connectivity index (χ1v) is 5.12. The Morgan fingerprint density at radius 2 is 2.06 bits per heavy atom. The first kappa shape index (κ1) is 13.8. The summed E-state index contributed by atoms with van der Waals surface area (Å²) in [5, 5.41) is 11.0. The summed E-state index contributed by atoms with van der Waals surface area (Å²) in [6, 6.07) is 2.60. The van der Waals surface area contributed by atoms with Crippen molar-refractivity contribution in [3.8, 4) is 11.5 Å². The lowest BCUT2D eigenvalue weighted by atomic mass is 10.1. The number of nitro groups is 1. The van der Waals surface area contributed by atoms with E-state index in [2.05, 4.69) is 4.74 Å². The molecule has 0 aliphatic carbocycles. The lowest BCUT2D eigenvalue weighted by molar-refractivity contribution is -0.386. The second kappa shape index (κ2) is 5.85. The van der Waals surface area contributed by atoms with Crippen LogP contribution in [0.25, 0.3) is 0 Å². The summed E-state index contributed by atoms with van der Waals surface area (Å²) in [6.45, 7) is 1.91. The summed E-state index contributed by atoms with van der Waals surface area (Å²) < 4.78 is 14.6. The minimum Gasteiger partial charge on any atom is -0.497 e. The molecule has 18 heavy (non-hydrogen) atoms. The molecule has 7 nitrogen and oxygen atoms in total. The van der Waals surface area contributed by atoms with Crippen molar-refractivity contribution in [1.82, 2.24) is 0 Å². The molecule has 0 bridgehead atoms. The van der Waals surface area contributed by atoms with Crippen molar-refractivity contribution in [3.63, 3.8) is 0 Å². The second-order valence-corrected chi connectivity index (χ2v) is 3.20. The number of benzene rings is 1. The zero-order chi connectivity index (χ0) is 13.7. The van der Waals surface area contributed by atoms with Gasteiger partial charge in [-0.2, -0.15) is 0 Å². The van der Waals surface area contributed by atoms with E-state index in [0.717, 1.165) is 7.11 Å². The molecular weight excluding hydrogens is 242 g/mol. The van der Waals surface area contributed by atoms with E-state index >= 15 is 0 Å². The van der Waals surface area contributed by atoms with Gasteiger partial charge in [0.25, 0.3) is 0 Å². The molecule has 7 heteroatoms. The third kappa shape index (κ3) is 2.68. The van der Waals surface area contributed by atoms with Crippen molar-refractivity contribution < 1.29 is 23.9 Å². The zero-order valence-corrected chi connectivity index (χ0v) is 10.3. The van der Waals surface area contributed by atoms with E-state index < -0.39 is 16.6 Å². The van der Waals surface area contributed by atoms with Crippen molar-refractivity contribution in [2.24, 2.45) is 0 Å². The maximum Gasteiger partial charge on any atom is 0.345 e. The van der Waals surface area contributed by atoms with E-state index in [9.17, 15) is 14.9 Å². The normalized spacial score (nSPS) is 9.72. The van der Waals surface area contributed by atoms with E-state index in [0.29, 0.717) is 0 Å². The average molecular weight is 255 g/mol. The molecule has 0 saturated heterocycles. The van der Waals surface area contributed by atoms with Crippen molar-refractivity contribution in [2.75, 3.05) is 20.8 Å². The number of carbonyl (C=O) groups is 1. The van der Waals surface area contributed by atoms with Crippen molar-refractivity contribution in [3.05, 3.63) is 27.8 Å². The Morgan fingerprint density at radius 1 is 1.39 bits per heavy atom. The number of carbonyl (C=O) groups excluding carboxylic acids is 1. The number of ether oxygens (including phenoxy) is 3. The van der Waals surface area contributed by atoms with Crippen LogP contribution < -0.4 is 9.47 Å². The van der Waals surface area contributed by atoms with Crippen LogP contribution in [0.15, 0.2) is 12.1 Å². The Morgan fingerprint density at radius 3 is 2.50 bits per heavy atom. The number of nitro benzene ring substituents is 1. The fourth-order valence-electron chi connectivity index (χ4n) is 1.42. The number of esters is 1. The molecule has 0 radical (unpaired) electrons. The third-order valence-electron chi connectivity index (χ3n) is 2.17. The number of rotatable bonds is 5. The smallest absolute Gasteiger partial charge is 0.345 e. The first-order chi connectivity index (χ1) is 8.54. The highest BCUT2D eigenvalue weighted by Gasteiger charge is 2.28. The van der Waals surface area contributed by atoms with Gasteiger partial charge in [-0.3, -0.25) is 10.1 Å². The van der Waals surface area contributed by atoms with Crippen LogP contribution >= 0.6 is 0 Å². The molecule has 0 aliphatic rings. The van der Waals surface area contributed by atoms with Gasteiger partial charge in [-0.25, -0.2) is 4.79 Å². The van der Waals surface area contributed by atoms with Crippen molar-refractivity contribution in [1.29, 1.82) is 0 Å². The van der Waals surface area contributed by atoms with Gasteiger partial charge in [0.1, 0.15) is 11.3 Å². The molecule has 1 rings (SSSR count). The van der Waals surface area contributed by atoms with Gasteiger partial charge in [0, 0.05) is 12.1 Å². The number of nitrogens with zero attached hydrogens (tertiary/aromatic N) is 1. The lowest BCUT2D eigenvalue weighted by Crippen LogP contribution is -2.08. The molecule has 0 aromatic heterocycles. The van der Waals surface area contributed by atoms with E-state index in [1.807, 2.05) is 0 Å². The van der Waals surface area contributed by atoms with Gasteiger partial charge < -0.3 is 14.2 Å². The molecule has 1 aromatic rings. The molecule has 0 saturated carbocycles. The highest BCUT2D eigenvalue weighted by molar-refractivity contribution is 5.95. The molecule has 0 heterocycles. The minimum atomic E-state index is -0.818. The zero-order valence-electron chi connectivity index (χ0n) is 10.3. The number of hydrogen-bond donors (Lipinski definition) is 0. The molecule has 0 N–H and O–H groups in total. The van der Waals surface area contributed by atoms with E-state index in [4.69, 9.17) is 9.47 Å². The van der Waals surface area contributed by atoms with Gasteiger partial charge in [0.15, 0.2) is 0 Å². The van der Waals surface area contributed by atoms with E-state index in [1.54, 1.807) is 6.92 Å². The second-order valence-electron chi connectivity index (χ2n) is 3.20. The maximum atomic E-state index is 11.5. The Hall–Kier alpha value is -2.31. The van der Waals surface area contributed by atoms with Gasteiger partial charge in [-0.05, 0) is 6.92 Å². The van der Waals surface area contributed by atoms with Crippen LogP contribution in [0.4, 0.5) is 5.69 Å². The summed E-state index contributed by atoms with van der Waals surface area (Å²) in [6.07, 6.45) is 0. The van der Waals surface area contributed by atoms with Crippen molar-refractivity contribution >= 4 is 11.7 Å². The summed E-state index contributed by atoms with van der Waals surface area (Å²) in [5.41, 5.74) is -0.630. The van der Waals surface area contributed by atoms with Crippen LogP contribution in [0.5, 0.6) is 11.5 Å². The fourth-order valence-corrected chi connectivity index (χ4v) is 1.42. The van der Waals surface area contributed by atoms with Gasteiger partial charge in [0.05, 0.1) is 25.7 Å². The van der Waals surface area contributed by atoms with Crippen LogP contribution in [0.3, 0.4) is 0 Å². The Labute approximate surface area is 103 Å². The van der Waals surface area contributed by atoms with Crippen LogP contribution in [-0.2, 0) is 4.74 Å². The fraction of sp³-hybridized carbons (Fsp3) is 0.364. The highest BCUT2D eigenvalue weighted by atomic mass is 16.6. The summed E-state index contributed by atoms with van der Waals surface area (Å²) in [5.74, 6) is -0.562. The SMILES string of the molecule is CCOc1cc(OC)cc(C(=O)OC)c1[N+](=O)[O-]. The largest absolute Gasteiger partial charge is 0.497 e. The Kier molecular flexibility index (Phi) is 4.47. The van der Waals surface area contributed by atoms with Crippen molar-refractivity contribution in [2.45, 2.75) is 6.92 Å². The first-order valence-electron chi connectivity index (χ1n) is 5.12. The summed E-state index contributed by atoms with van der Waals surface area (Å²) >= 11 is 0. The standard InChI is InChI=1S/C11H13NO6/c1-4-18-9-6-7(16-2)5-8(11(13)17-3)10(9)12(14)15/h5-6H,4H2,1-3H3. The molecule has 0 fully saturated rings. The average Bonchev–Trinajstić information content (AvgIpc) is 2.36. The van der Waals surface area contributed by atoms with Crippen LogP contribution in [-0.4, -0.2) is 31.7 Å². The monoisotopic (exact) mass is 255 g/mol. The predicted molar refractivity (Wildman–Crippen MR) is 62.2 cm³/mol. The molecule has 0 atom stereocenters. The Balaban J connectivity index is 3.49. The summed E-state index contributed by atoms with van der Waals surface area (Å²) in [7, 11) is 2.53. The third-order valence-corrected chi connectivity index (χ3v) is 2.17. The van der Waals surface area contributed by atoms with Crippen LogP contribution in [0.2, 0.25) is 0 Å². The highest BCUT2D eigenvalue weighted by Crippen LogP contribution is 2.35. The van der Waals surface area contributed by atoms with Crippen LogP contribution in [0, 0.1) is 10.1 Å². The summed E-state index contributed by atoms with van der Waals surface area (Å²) in [4.78, 5) is 21.9. The lowest BCUT2D eigenvalue weighted by Gasteiger charge is -2.09. The van der Waals surface area contributed by atoms with Gasteiger partial charge in [0.2, 0.25) is 5.75 Å². The van der Waals surface area contributed by atoms with Gasteiger partial charge in [-0.1, -0.05) is 0 Å². The Bertz CT molecular complexity index is 471. The molecule has 98 valence electrons. The topological polar surface area (TPSA) is 87.9 Å². The molecule has 0 amide bonds. The molecular formula is C11H13NO6. The number of methoxy groups -OCH3 is 2. The van der Waals surface area contributed by atoms with E-state index in [1.165, 1.54) is 19.2 Å². The molecule has 0 aliphatic heterocycles. The maximum absolute atomic E-state index is 11.5. The number of hydrogen-bond acceptors (Lipinski definition) is 6.